The van der Waals surface area contributed by atoms with Crippen molar-refractivity contribution in [3.8, 4) is 0 Å². The summed E-state index contributed by atoms with van der Waals surface area (Å²) in [4.78, 5) is 27.6. The minimum absolute atomic E-state index is 0.0591. The number of ether oxygens (including phenoxy) is 1. The van der Waals surface area contributed by atoms with Gasteiger partial charge in [0.1, 0.15) is 11.3 Å². The Kier molecular flexibility index (Phi) is 5.17. The molecule has 0 atom stereocenters. The van der Waals surface area contributed by atoms with E-state index in [1.807, 2.05) is 24.3 Å². The lowest BCUT2D eigenvalue weighted by Crippen LogP contribution is -2.36. The molecule has 0 radical (unpaired) electrons. The predicted molar refractivity (Wildman–Crippen MR) is 86.1 cm³/mol. The molecule has 122 valence electrons. The fourth-order valence-electron chi connectivity index (χ4n) is 2.56. The number of carbonyl (C=O) groups excluding carboxylic acids is 2. The summed E-state index contributed by atoms with van der Waals surface area (Å²) < 4.78 is 10.5. The van der Waals surface area contributed by atoms with Crippen LogP contribution in [0.25, 0.3) is 11.1 Å². The van der Waals surface area contributed by atoms with Gasteiger partial charge in [-0.3, -0.25) is 9.59 Å². The van der Waals surface area contributed by atoms with Gasteiger partial charge in [0.2, 0.25) is 0 Å². The molecular formula is C16H18N2O4S. The molecule has 1 saturated carbocycles. The molecule has 0 spiro atoms. The van der Waals surface area contributed by atoms with Crippen LogP contribution < -0.4 is 5.32 Å². The van der Waals surface area contributed by atoms with Crippen molar-refractivity contribution in [2.75, 3.05) is 12.4 Å². The molecular weight excluding hydrogens is 316 g/mol. The topological polar surface area (TPSA) is 81.4 Å². The van der Waals surface area contributed by atoms with Gasteiger partial charge in [0, 0.05) is 6.04 Å². The zero-order chi connectivity index (χ0) is 16.1. The number of esters is 1. The normalized spacial score (nSPS) is 15.0. The van der Waals surface area contributed by atoms with Gasteiger partial charge in [-0.2, -0.15) is 0 Å². The third-order valence-electron chi connectivity index (χ3n) is 3.67. The highest BCUT2D eigenvalue weighted by atomic mass is 32.2. The molecule has 0 aliphatic heterocycles. The first-order valence-electron chi connectivity index (χ1n) is 7.64. The fraction of sp³-hybridized carbons (Fsp3) is 0.438. The summed E-state index contributed by atoms with van der Waals surface area (Å²) in [5.41, 5.74) is 1.43. The summed E-state index contributed by atoms with van der Waals surface area (Å²) >= 11 is 1.15. The van der Waals surface area contributed by atoms with Gasteiger partial charge >= 0.3 is 5.97 Å². The summed E-state index contributed by atoms with van der Waals surface area (Å²) in [5.74, 6) is -0.639. The summed E-state index contributed by atoms with van der Waals surface area (Å²) in [7, 11) is 0. The number of benzene rings is 1. The van der Waals surface area contributed by atoms with Gasteiger partial charge in [0.25, 0.3) is 11.1 Å². The highest BCUT2D eigenvalue weighted by Gasteiger charge is 2.18. The van der Waals surface area contributed by atoms with E-state index in [0.29, 0.717) is 10.8 Å². The highest BCUT2D eigenvalue weighted by molar-refractivity contribution is 7.99. The van der Waals surface area contributed by atoms with Crippen molar-refractivity contribution in [1.29, 1.82) is 0 Å². The third kappa shape index (κ3) is 4.48. The molecule has 1 N–H and O–H groups in total. The Morgan fingerprint density at radius 1 is 1.30 bits per heavy atom. The van der Waals surface area contributed by atoms with E-state index in [2.05, 4.69) is 10.3 Å². The third-order valence-corrected chi connectivity index (χ3v) is 4.47. The molecule has 6 nitrogen and oxygen atoms in total. The van der Waals surface area contributed by atoms with Crippen molar-refractivity contribution >= 4 is 34.7 Å². The van der Waals surface area contributed by atoms with Crippen molar-refractivity contribution in [2.45, 2.75) is 36.9 Å². The van der Waals surface area contributed by atoms with E-state index in [0.717, 1.165) is 43.0 Å². The van der Waals surface area contributed by atoms with Crippen molar-refractivity contribution < 1.29 is 18.7 Å². The van der Waals surface area contributed by atoms with E-state index in [9.17, 15) is 9.59 Å². The van der Waals surface area contributed by atoms with Gasteiger partial charge in [-0.05, 0) is 25.0 Å². The molecule has 0 saturated heterocycles. The van der Waals surface area contributed by atoms with Crippen LogP contribution in [0.4, 0.5) is 0 Å². The fourth-order valence-corrected chi connectivity index (χ4v) is 3.20. The molecule has 0 unspecified atom stereocenters. The van der Waals surface area contributed by atoms with Gasteiger partial charge in [-0.25, -0.2) is 4.98 Å². The van der Waals surface area contributed by atoms with E-state index in [1.165, 1.54) is 0 Å². The minimum Gasteiger partial charge on any atom is -0.455 e. The molecule has 3 rings (SSSR count). The largest absolute Gasteiger partial charge is 0.455 e. The van der Waals surface area contributed by atoms with Gasteiger partial charge in [0.05, 0.1) is 0 Å². The van der Waals surface area contributed by atoms with Gasteiger partial charge in [-0.15, -0.1) is 0 Å². The second-order valence-corrected chi connectivity index (χ2v) is 6.37. The van der Waals surface area contributed by atoms with Crippen LogP contribution in [-0.2, 0) is 14.3 Å². The Bertz CT molecular complexity index is 661. The summed E-state index contributed by atoms with van der Waals surface area (Å²) in [6.45, 7) is -0.233. The molecule has 2 aromatic rings. The lowest BCUT2D eigenvalue weighted by atomic mass is 10.2. The molecule has 1 fully saturated rings. The number of para-hydroxylation sites is 2. The summed E-state index contributed by atoms with van der Waals surface area (Å²) in [6, 6.07) is 7.62. The Morgan fingerprint density at radius 2 is 2.09 bits per heavy atom. The Morgan fingerprint density at radius 3 is 2.87 bits per heavy atom. The molecule has 1 amide bonds. The van der Waals surface area contributed by atoms with Crippen LogP contribution in [0, 0.1) is 0 Å². The number of rotatable bonds is 6. The quantitative estimate of drug-likeness (QED) is 0.646. The average Bonchev–Trinajstić information content (AvgIpc) is 3.19. The SMILES string of the molecule is O=C(COC(=O)CSc1nc2ccccc2o1)NC1CCCC1. The zero-order valence-electron chi connectivity index (χ0n) is 12.6. The number of oxazole rings is 1. The molecule has 0 bridgehead atoms. The highest BCUT2D eigenvalue weighted by Crippen LogP contribution is 2.23. The number of nitrogens with one attached hydrogen (secondary N) is 1. The second kappa shape index (κ2) is 7.50. The number of hydrogen-bond acceptors (Lipinski definition) is 6. The van der Waals surface area contributed by atoms with Crippen LogP contribution >= 0.6 is 11.8 Å². The molecule has 7 heteroatoms. The molecule has 1 aromatic carbocycles. The summed E-state index contributed by atoms with van der Waals surface area (Å²) in [6.07, 6.45) is 4.30. The first-order chi connectivity index (χ1) is 11.2. The predicted octanol–water partition coefficient (Wildman–Crippen LogP) is 2.52. The van der Waals surface area contributed by atoms with Gasteiger partial charge < -0.3 is 14.5 Å². The van der Waals surface area contributed by atoms with Crippen molar-refractivity contribution in [3.63, 3.8) is 0 Å². The van der Waals surface area contributed by atoms with Crippen LogP contribution in [0.2, 0.25) is 0 Å². The second-order valence-electron chi connectivity index (χ2n) is 5.45. The smallest absolute Gasteiger partial charge is 0.316 e. The van der Waals surface area contributed by atoms with Gasteiger partial charge in [-0.1, -0.05) is 36.7 Å². The number of fused-ring (bicyclic) bond motifs is 1. The number of thioether (sulfide) groups is 1. The van der Waals surface area contributed by atoms with E-state index in [4.69, 9.17) is 9.15 Å². The van der Waals surface area contributed by atoms with Crippen molar-refractivity contribution in [2.24, 2.45) is 0 Å². The number of amides is 1. The van der Waals surface area contributed by atoms with E-state index in [-0.39, 0.29) is 24.3 Å². The minimum atomic E-state index is -0.459. The van der Waals surface area contributed by atoms with Crippen molar-refractivity contribution in [3.05, 3.63) is 24.3 Å². The maximum atomic E-state index is 11.7. The molecule has 1 heterocycles. The number of nitrogens with zero attached hydrogens (tertiary/aromatic N) is 1. The monoisotopic (exact) mass is 334 g/mol. The van der Waals surface area contributed by atoms with Crippen LogP contribution in [0.1, 0.15) is 25.7 Å². The molecule has 1 aromatic heterocycles. The first kappa shape index (κ1) is 15.9. The Labute approximate surface area is 138 Å². The Balaban J connectivity index is 1.39. The lowest BCUT2D eigenvalue weighted by Gasteiger charge is -2.11. The lowest BCUT2D eigenvalue weighted by molar-refractivity contribution is -0.146. The maximum absolute atomic E-state index is 11.7. The molecule has 1 aliphatic rings. The van der Waals surface area contributed by atoms with Gasteiger partial charge in [0.15, 0.2) is 12.2 Å². The van der Waals surface area contributed by atoms with Crippen LogP contribution in [-0.4, -0.2) is 35.3 Å². The average molecular weight is 334 g/mol. The van der Waals surface area contributed by atoms with E-state index in [1.54, 1.807) is 0 Å². The molecule has 1 aliphatic carbocycles. The van der Waals surface area contributed by atoms with Crippen LogP contribution in [0.15, 0.2) is 33.9 Å². The van der Waals surface area contributed by atoms with E-state index < -0.39 is 5.97 Å². The van der Waals surface area contributed by atoms with E-state index >= 15 is 0 Å². The zero-order valence-corrected chi connectivity index (χ0v) is 13.4. The number of carbonyl (C=O) groups is 2. The number of hydrogen-bond donors (Lipinski definition) is 1. The Hall–Kier alpha value is -2.02. The van der Waals surface area contributed by atoms with Crippen LogP contribution in [0.5, 0.6) is 0 Å². The maximum Gasteiger partial charge on any atom is 0.316 e. The van der Waals surface area contributed by atoms with Crippen molar-refractivity contribution in [1.82, 2.24) is 10.3 Å². The summed E-state index contributed by atoms with van der Waals surface area (Å²) in [5, 5.41) is 3.29. The number of aromatic nitrogens is 1. The standard InChI is InChI=1S/C16H18N2O4S/c19-14(17-11-5-1-2-6-11)9-21-15(20)10-23-16-18-12-7-3-4-8-13(12)22-16/h3-4,7-8,11H,1-2,5-6,9-10H2,(H,17,19). The van der Waals surface area contributed by atoms with Crippen LogP contribution in [0.3, 0.4) is 0 Å². The first-order valence-corrected chi connectivity index (χ1v) is 8.62. The molecule has 23 heavy (non-hydrogen) atoms.